The van der Waals surface area contributed by atoms with Crippen LogP contribution in [0.25, 0.3) is 11.0 Å². The fourth-order valence-electron chi connectivity index (χ4n) is 3.82. The molecule has 2 aliphatic rings. The minimum Gasteiger partial charge on any atom is -0.493 e. The Bertz CT molecular complexity index is 835. The number of halogens is 4. The van der Waals surface area contributed by atoms with Crippen molar-refractivity contribution in [2.24, 2.45) is 0 Å². The Morgan fingerprint density at radius 2 is 2.04 bits per heavy atom. The van der Waals surface area contributed by atoms with Gasteiger partial charge in [0.2, 0.25) is 0 Å². The van der Waals surface area contributed by atoms with Crippen LogP contribution in [0, 0.1) is 0 Å². The monoisotopic (exact) mass is 432 g/mol. The highest BCUT2D eigenvalue weighted by Gasteiger charge is 2.45. The van der Waals surface area contributed by atoms with Gasteiger partial charge < -0.3 is 14.4 Å². The molecule has 0 saturated heterocycles. The molecule has 0 atom stereocenters. The summed E-state index contributed by atoms with van der Waals surface area (Å²) < 4.78 is 48.6. The molecule has 1 aromatic heterocycles. The zero-order chi connectivity index (χ0) is 18.7. The molecule has 0 radical (unpaired) electrons. The maximum Gasteiger partial charge on any atom is 0.418 e. The van der Waals surface area contributed by atoms with Crippen molar-refractivity contribution in [1.29, 1.82) is 0 Å². The molecule has 8 heteroatoms. The van der Waals surface area contributed by atoms with E-state index in [0.717, 1.165) is 18.9 Å². The average molecular weight is 433 g/mol. The second-order valence-corrected chi connectivity index (χ2v) is 8.34. The molecule has 1 aromatic carbocycles. The van der Waals surface area contributed by atoms with Gasteiger partial charge in [-0.25, -0.2) is 4.98 Å². The van der Waals surface area contributed by atoms with Crippen molar-refractivity contribution in [2.75, 3.05) is 11.9 Å². The van der Waals surface area contributed by atoms with Gasteiger partial charge in [-0.15, -0.1) is 0 Å². The molecule has 4 rings (SSSR count). The molecule has 0 amide bonds. The number of rotatable bonds is 5. The molecular formula is C18H20BrF3N2O2. The van der Waals surface area contributed by atoms with Crippen molar-refractivity contribution in [1.82, 2.24) is 9.55 Å². The lowest BCUT2D eigenvalue weighted by molar-refractivity contribution is -0.136. The van der Waals surface area contributed by atoms with Gasteiger partial charge in [0, 0.05) is 23.4 Å². The first kappa shape index (κ1) is 18.1. The van der Waals surface area contributed by atoms with Crippen LogP contribution in [0.15, 0.2) is 12.1 Å². The first-order chi connectivity index (χ1) is 12.2. The summed E-state index contributed by atoms with van der Waals surface area (Å²) in [4.78, 5) is 4.56. The lowest BCUT2D eigenvalue weighted by Crippen LogP contribution is -2.42. The highest BCUT2D eigenvalue weighted by Crippen LogP contribution is 2.50. The number of hydrogen-bond donors (Lipinski definition) is 1. The number of alkyl halides is 4. The number of fused-ring (bicyclic) bond motifs is 1. The standard InChI is InChI=1S/C18H20BrF3N2O2/c1-17(25)8-11(9-17)24-15-13(18(20,21)22)6-12(26-5-4-19)7-14(15)23-16(24)10-2-3-10/h6-7,10-11,25H,2-5,8-9H2,1H3. The van der Waals surface area contributed by atoms with Crippen molar-refractivity contribution >= 4 is 27.0 Å². The van der Waals surface area contributed by atoms with E-state index in [0.29, 0.717) is 29.5 Å². The number of imidazole rings is 1. The molecule has 142 valence electrons. The van der Waals surface area contributed by atoms with Gasteiger partial charge in [0.05, 0.1) is 28.8 Å². The molecule has 0 aliphatic heterocycles. The highest BCUT2D eigenvalue weighted by molar-refractivity contribution is 9.09. The lowest BCUT2D eigenvalue weighted by atomic mass is 9.77. The van der Waals surface area contributed by atoms with Gasteiger partial charge in [-0.05, 0) is 38.7 Å². The number of ether oxygens (including phenoxy) is 1. The molecule has 2 aliphatic carbocycles. The largest absolute Gasteiger partial charge is 0.493 e. The fourth-order valence-corrected chi connectivity index (χ4v) is 3.98. The molecule has 0 spiro atoms. The minimum absolute atomic E-state index is 0.117. The molecule has 2 aromatic rings. The van der Waals surface area contributed by atoms with Gasteiger partial charge in [-0.3, -0.25) is 0 Å². The molecule has 0 bridgehead atoms. The highest BCUT2D eigenvalue weighted by atomic mass is 79.9. The molecule has 2 saturated carbocycles. The van der Waals surface area contributed by atoms with E-state index >= 15 is 0 Å². The number of aromatic nitrogens is 2. The summed E-state index contributed by atoms with van der Waals surface area (Å²) in [6.45, 7) is 2.00. The quantitative estimate of drug-likeness (QED) is 0.690. The third-order valence-corrected chi connectivity index (χ3v) is 5.42. The van der Waals surface area contributed by atoms with Gasteiger partial charge in [0.15, 0.2) is 0 Å². The van der Waals surface area contributed by atoms with E-state index in [1.54, 1.807) is 17.6 Å². The molecule has 26 heavy (non-hydrogen) atoms. The van der Waals surface area contributed by atoms with Crippen LogP contribution in [0.1, 0.15) is 56.0 Å². The van der Waals surface area contributed by atoms with Crippen molar-refractivity contribution in [3.63, 3.8) is 0 Å². The van der Waals surface area contributed by atoms with E-state index in [9.17, 15) is 18.3 Å². The summed E-state index contributed by atoms with van der Waals surface area (Å²) in [5.41, 5.74) is -1.10. The second kappa shape index (κ2) is 6.12. The van der Waals surface area contributed by atoms with Crippen LogP contribution in [0.5, 0.6) is 5.75 Å². The number of hydrogen-bond acceptors (Lipinski definition) is 3. The van der Waals surface area contributed by atoms with Crippen LogP contribution < -0.4 is 4.74 Å². The van der Waals surface area contributed by atoms with Crippen LogP contribution in [-0.4, -0.2) is 32.2 Å². The van der Waals surface area contributed by atoms with E-state index in [1.807, 2.05) is 0 Å². The number of nitrogens with zero attached hydrogens (tertiary/aromatic N) is 2. The molecule has 0 unspecified atom stereocenters. The Labute approximate surface area is 157 Å². The first-order valence-corrected chi connectivity index (χ1v) is 9.86. The summed E-state index contributed by atoms with van der Waals surface area (Å²) in [5, 5.41) is 10.6. The van der Waals surface area contributed by atoms with Gasteiger partial charge in [-0.2, -0.15) is 13.2 Å². The predicted octanol–water partition coefficient (Wildman–Crippen LogP) is 4.79. The van der Waals surface area contributed by atoms with E-state index in [-0.39, 0.29) is 29.8 Å². The van der Waals surface area contributed by atoms with E-state index < -0.39 is 17.3 Å². The zero-order valence-corrected chi connectivity index (χ0v) is 15.9. The van der Waals surface area contributed by atoms with Crippen molar-refractivity contribution in [2.45, 2.75) is 56.3 Å². The smallest absolute Gasteiger partial charge is 0.418 e. The summed E-state index contributed by atoms with van der Waals surface area (Å²) in [5.74, 6) is 1.10. The average Bonchev–Trinajstić information content (AvgIpc) is 3.29. The topological polar surface area (TPSA) is 47.3 Å². The van der Waals surface area contributed by atoms with E-state index in [1.165, 1.54) is 0 Å². The summed E-state index contributed by atoms with van der Waals surface area (Å²) in [6, 6.07) is 2.50. The number of aliphatic hydroxyl groups is 1. The minimum atomic E-state index is -4.50. The molecule has 4 nitrogen and oxygen atoms in total. The maximum absolute atomic E-state index is 13.8. The van der Waals surface area contributed by atoms with Gasteiger partial charge in [0.1, 0.15) is 11.6 Å². The molecule has 1 heterocycles. The Hall–Kier alpha value is -1.28. The Morgan fingerprint density at radius 3 is 2.58 bits per heavy atom. The second-order valence-electron chi connectivity index (χ2n) is 7.55. The first-order valence-electron chi connectivity index (χ1n) is 8.74. The summed E-state index contributed by atoms with van der Waals surface area (Å²) in [6.07, 6.45) is -1.73. The Balaban J connectivity index is 1.89. The maximum atomic E-state index is 13.8. The Kier molecular flexibility index (Phi) is 4.26. The third kappa shape index (κ3) is 3.22. The van der Waals surface area contributed by atoms with Crippen LogP contribution in [0.4, 0.5) is 13.2 Å². The van der Waals surface area contributed by atoms with Crippen molar-refractivity contribution < 1.29 is 23.0 Å². The van der Waals surface area contributed by atoms with Crippen LogP contribution >= 0.6 is 15.9 Å². The SMILES string of the molecule is CC1(O)CC(n2c(C3CC3)nc3cc(OCCBr)cc(C(F)(F)F)c32)C1. The lowest BCUT2D eigenvalue weighted by Gasteiger charge is -2.42. The molecule has 2 fully saturated rings. The van der Waals surface area contributed by atoms with Gasteiger partial charge in [-0.1, -0.05) is 15.9 Å². The van der Waals surface area contributed by atoms with Gasteiger partial charge >= 0.3 is 6.18 Å². The third-order valence-electron chi connectivity index (χ3n) is 5.10. The van der Waals surface area contributed by atoms with Crippen molar-refractivity contribution in [3.8, 4) is 5.75 Å². The Morgan fingerprint density at radius 1 is 1.35 bits per heavy atom. The van der Waals surface area contributed by atoms with Crippen molar-refractivity contribution in [3.05, 3.63) is 23.5 Å². The van der Waals surface area contributed by atoms with Crippen LogP contribution in [-0.2, 0) is 6.18 Å². The summed E-state index contributed by atoms with van der Waals surface area (Å²) >= 11 is 3.21. The van der Waals surface area contributed by atoms with Crippen LogP contribution in [0.2, 0.25) is 0 Å². The van der Waals surface area contributed by atoms with E-state index in [4.69, 9.17) is 4.74 Å². The number of benzene rings is 1. The van der Waals surface area contributed by atoms with E-state index in [2.05, 4.69) is 20.9 Å². The normalized spacial score (nSPS) is 26.2. The van der Waals surface area contributed by atoms with Gasteiger partial charge in [0.25, 0.3) is 0 Å². The molecular weight excluding hydrogens is 413 g/mol. The zero-order valence-electron chi connectivity index (χ0n) is 14.3. The predicted molar refractivity (Wildman–Crippen MR) is 94.9 cm³/mol. The summed E-state index contributed by atoms with van der Waals surface area (Å²) in [7, 11) is 0. The molecule has 1 N–H and O–H groups in total. The fraction of sp³-hybridized carbons (Fsp3) is 0.611. The van der Waals surface area contributed by atoms with Crippen LogP contribution in [0.3, 0.4) is 0 Å².